The van der Waals surface area contributed by atoms with Crippen LogP contribution in [0.5, 0.6) is 0 Å². The lowest BCUT2D eigenvalue weighted by Gasteiger charge is -2.38. The molecule has 2 aliphatic rings. The number of aromatic nitrogens is 2. The van der Waals surface area contributed by atoms with E-state index in [1.165, 1.54) is 16.8 Å². The van der Waals surface area contributed by atoms with E-state index in [4.69, 9.17) is 13.7 Å². The van der Waals surface area contributed by atoms with E-state index < -0.39 is 51.4 Å². The largest absolute Gasteiger partial charge is 0.358 e. The molecule has 2 aliphatic heterocycles. The smallest absolute Gasteiger partial charge is 0.330 e. The van der Waals surface area contributed by atoms with E-state index in [1.807, 2.05) is 91.0 Å². The van der Waals surface area contributed by atoms with Crippen molar-refractivity contribution in [2.45, 2.75) is 42.9 Å². The molecule has 230 valence electrons. The number of benzene rings is 3. The second kappa shape index (κ2) is 12.6. The minimum Gasteiger partial charge on any atom is -0.358 e. The predicted molar refractivity (Wildman–Crippen MR) is 165 cm³/mol. The fourth-order valence-electron chi connectivity index (χ4n) is 6.47. The van der Waals surface area contributed by atoms with Crippen molar-refractivity contribution in [3.05, 3.63) is 141 Å². The Morgan fingerprint density at radius 2 is 1.36 bits per heavy atom. The van der Waals surface area contributed by atoms with Crippen LogP contribution in [0.1, 0.15) is 35.8 Å². The third kappa shape index (κ3) is 6.06. The Hall–Kier alpha value is -3.87. The molecule has 4 aromatic rings. The Morgan fingerprint density at radius 1 is 0.841 bits per heavy atom. The molecule has 2 fully saturated rings. The Kier molecular flexibility index (Phi) is 8.66. The summed E-state index contributed by atoms with van der Waals surface area (Å²) in [5, 5.41) is 0. The normalized spacial score (nSPS) is 22.8. The highest BCUT2D eigenvalue weighted by Crippen LogP contribution is 2.43. The van der Waals surface area contributed by atoms with Gasteiger partial charge in [0.25, 0.3) is 15.7 Å². The Balaban J connectivity index is 1.46. The molecule has 1 aromatic heterocycles. The molecular formula is C33H35N3O7S. The lowest BCUT2D eigenvalue weighted by Crippen LogP contribution is -2.50. The summed E-state index contributed by atoms with van der Waals surface area (Å²) in [6.07, 6.45) is 1.25. The Bertz CT molecular complexity index is 1680. The maximum atomic E-state index is 12.9. The van der Waals surface area contributed by atoms with Crippen molar-refractivity contribution in [3.8, 4) is 0 Å². The lowest BCUT2D eigenvalue weighted by atomic mass is 9.80. The van der Waals surface area contributed by atoms with Crippen LogP contribution in [-0.4, -0.2) is 67.1 Å². The molecule has 0 saturated carbocycles. The molecule has 0 aliphatic carbocycles. The number of H-pyrrole nitrogens is 1. The molecule has 2 saturated heterocycles. The number of hydrogen-bond donors (Lipinski definition) is 1. The molecular weight excluding hydrogens is 582 g/mol. The van der Waals surface area contributed by atoms with Gasteiger partial charge in [0.05, 0.1) is 18.9 Å². The number of likely N-dealkylation sites (tertiary alicyclic amines) is 1. The van der Waals surface area contributed by atoms with Gasteiger partial charge in [-0.1, -0.05) is 91.0 Å². The van der Waals surface area contributed by atoms with Crippen molar-refractivity contribution >= 4 is 10.1 Å². The van der Waals surface area contributed by atoms with E-state index in [0.29, 0.717) is 13.1 Å². The van der Waals surface area contributed by atoms with Crippen LogP contribution in [0.15, 0.2) is 113 Å². The molecule has 0 radical (unpaired) electrons. The molecule has 44 heavy (non-hydrogen) atoms. The van der Waals surface area contributed by atoms with Gasteiger partial charge in [-0.2, -0.15) is 8.42 Å². The average molecular weight is 618 g/mol. The zero-order chi connectivity index (χ0) is 30.7. The Morgan fingerprint density at radius 3 is 1.84 bits per heavy atom. The van der Waals surface area contributed by atoms with E-state index in [0.717, 1.165) is 35.8 Å². The third-order valence-corrected chi connectivity index (χ3v) is 8.86. The van der Waals surface area contributed by atoms with E-state index in [-0.39, 0.29) is 6.61 Å². The first kappa shape index (κ1) is 30.2. The number of nitrogens with one attached hydrogen (secondary N) is 1. The van der Waals surface area contributed by atoms with E-state index in [1.54, 1.807) is 0 Å². The summed E-state index contributed by atoms with van der Waals surface area (Å²) in [6, 6.07) is 30.4. The van der Waals surface area contributed by atoms with Gasteiger partial charge < -0.3 is 9.47 Å². The second-order valence-corrected chi connectivity index (χ2v) is 12.8. The molecule has 11 heteroatoms. The van der Waals surface area contributed by atoms with Crippen LogP contribution in [-0.2, 0) is 29.4 Å². The molecule has 0 bridgehead atoms. The number of hydrogen-bond acceptors (Lipinski definition) is 8. The van der Waals surface area contributed by atoms with Gasteiger partial charge in [0.15, 0.2) is 6.23 Å². The lowest BCUT2D eigenvalue weighted by molar-refractivity contribution is -0.0907. The van der Waals surface area contributed by atoms with Gasteiger partial charge in [0, 0.05) is 12.3 Å². The molecule has 4 atom stereocenters. The van der Waals surface area contributed by atoms with Crippen LogP contribution in [0.2, 0.25) is 0 Å². The summed E-state index contributed by atoms with van der Waals surface area (Å²) in [5.74, 6) is 0. The van der Waals surface area contributed by atoms with Crippen LogP contribution in [0.4, 0.5) is 0 Å². The van der Waals surface area contributed by atoms with Gasteiger partial charge in [0.1, 0.15) is 17.8 Å². The molecule has 0 amide bonds. The van der Waals surface area contributed by atoms with Crippen molar-refractivity contribution in [3.63, 3.8) is 0 Å². The van der Waals surface area contributed by atoms with Gasteiger partial charge in [-0.3, -0.25) is 23.4 Å². The minimum absolute atomic E-state index is 0.0398. The molecule has 3 aromatic carbocycles. The SMILES string of the molecule is CS(=O)(=O)O[C@H]1[C@H](N2CCCC2)[C@@H](COC(c2ccccc2)(c2ccccc2)c2ccccc2)O[C@H]1n1ccc(=O)[nH]c1=O. The van der Waals surface area contributed by atoms with Crippen molar-refractivity contribution in [1.29, 1.82) is 0 Å². The molecule has 1 N–H and O–H groups in total. The number of ether oxygens (including phenoxy) is 2. The molecule has 3 heterocycles. The molecule has 6 rings (SSSR count). The maximum Gasteiger partial charge on any atom is 0.330 e. The first-order chi connectivity index (χ1) is 21.3. The summed E-state index contributed by atoms with van der Waals surface area (Å²) in [5.41, 5.74) is 0.391. The standard InChI is InChI=1S/C33H35N3O7S/c1-44(39,40)43-30-29(35-20-11-12-21-35)27(42-31(30)36-22-19-28(37)34-32(36)38)23-41-33(24-13-5-2-6-14-24,25-15-7-3-8-16-25)26-17-9-4-10-18-26/h2-10,13-19,22,27,29-31H,11-12,20-21,23H2,1H3,(H,34,37,38)/t27-,29-,30+,31-/m1/s1. The van der Waals surface area contributed by atoms with Crippen LogP contribution in [0.3, 0.4) is 0 Å². The third-order valence-electron chi connectivity index (χ3n) is 8.29. The van der Waals surface area contributed by atoms with Gasteiger partial charge in [-0.25, -0.2) is 4.79 Å². The number of rotatable bonds is 10. The van der Waals surface area contributed by atoms with Gasteiger partial charge in [0.2, 0.25) is 0 Å². The Labute approximate surface area is 256 Å². The first-order valence-corrected chi connectivity index (χ1v) is 16.5. The summed E-state index contributed by atoms with van der Waals surface area (Å²) < 4.78 is 45.6. The monoisotopic (exact) mass is 617 g/mol. The van der Waals surface area contributed by atoms with Crippen molar-refractivity contribution in [1.82, 2.24) is 14.5 Å². The predicted octanol–water partition coefficient (Wildman–Crippen LogP) is 3.25. The van der Waals surface area contributed by atoms with E-state index >= 15 is 0 Å². The van der Waals surface area contributed by atoms with Crippen LogP contribution in [0.25, 0.3) is 0 Å². The van der Waals surface area contributed by atoms with E-state index in [2.05, 4.69) is 9.88 Å². The summed E-state index contributed by atoms with van der Waals surface area (Å²) in [6.45, 7) is 1.46. The van der Waals surface area contributed by atoms with Gasteiger partial charge >= 0.3 is 5.69 Å². The van der Waals surface area contributed by atoms with Crippen molar-refractivity contribution in [2.75, 3.05) is 26.0 Å². The van der Waals surface area contributed by atoms with Gasteiger partial charge in [-0.05, 0) is 42.6 Å². The molecule has 0 spiro atoms. The fourth-order valence-corrected chi connectivity index (χ4v) is 7.08. The zero-order valence-electron chi connectivity index (χ0n) is 24.3. The maximum absolute atomic E-state index is 12.9. The highest BCUT2D eigenvalue weighted by Gasteiger charge is 2.52. The number of aromatic amines is 1. The van der Waals surface area contributed by atoms with Crippen LogP contribution in [0, 0.1) is 0 Å². The highest BCUT2D eigenvalue weighted by atomic mass is 32.2. The first-order valence-electron chi connectivity index (χ1n) is 14.7. The van der Waals surface area contributed by atoms with Gasteiger partial charge in [-0.15, -0.1) is 0 Å². The van der Waals surface area contributed by atoms with Crippen LogP contribution < -0.4 is 11.2 Å². The average Bonchev–Trinajstić information content (AvgIpc) is 3.67. The fraction of sp³-hybridized carbons (Fsp3) is 0.333. The quantitative estimate of drug-likeness (QED) is 0.213. The van der Waals surface area contributed by atoms with E-state index in [9.17, 15) is 18.0 Å². The topological polar surface area (TPSA) is 120 Å². The summed E-state index contributed by atoms with van der Waals surface area (Å²) >= 11 is 0. The molecule has 10 nitrogen and oxygen atoms in total. The summed E-state index contributed by atoms with van der Waals surface area (Å²) in [4.78, 5) is 29.2. The number of nitrogens with zero attached hydrogens (tertiary/aromatic N) is 2. The summed E-state index contributed by atoms with van der Waals surface area (Å²) in [7, 11) is -3.96. The molecule has 0 unspecified atom stereocenters. The minimum atomic E-state index is -3.96. The van der Waals surface area contributed by atoms with Crippen molar-refractivity contribution < 1.29 is 22.1 Å². The van der Waals surface area contributed by atoms with Crippen LogP contribution >= 0.6 is 0 Å². The zero-order valence-corrected chi connectivity index (χ0v) is 25.1. The van der Waals surface area contributed by atoms with Crippen molar-refractivity contribution in [2.24, 2.45) is 0 Å². The second-order valence-electron chi connectivity index (χ2n) is 11.2. The highest BCUT2D eigenvalue weighted by molar-refractivity contribution is 7.86.